The van der Waals surface area contributed by atoms with E-state index in [2.05, 4.69) is 111 Å². The third-order valence-corrected chi connectivity index (χ3v) is 12.2. The molecule has 1 rings (SSSR count). The lowest BCUT2D eigenvalue weighted by molar-refractivity contribution is -0.220. The first kappa shape index (κ1) is 62.3. The third-order valence-electron chi connectivity index (χ3n) is 11.2. The number of carbonyl (C=O) groups excluding carboxylic acids is 1. The van der Waals surface area contributed by atoms with Gasteiger partial charge in [-0.25, -0.2) is 4.57 Å². The highest BCUT2D eigenvalue weighted by Gasteiger charge is 2.51. The Labute approximate surface area is 404 Å². The fourth-order valence-electron chi connectivity index (χ4n) is 7.15. The van der Waals surface area contributed by atoms with Crippen LogP contribution < -0.4 is 0 Å². The zero-order valence-electron chi connectivity index (χ0n) is 41.2. The molecule has 384 valence electrons. The fourth-order valence-corrected chi connectivity index (χ4v) is 8.13. The lowest BCUT2D eigenvalue weighted by Crippen LogP contribution is -2.64. The lowest BCUT2D eigenvalue weighted by Gasteiger charge is -2.41. The van der Waals surface area contributed by atoms with E-state index in [1.807, 2.05) is 0 Å². The van der Waals surface area contributed by atoms with E-state index >= 15 is 0 Å². The van der Waals surface area contributed by atoms with Crippen LogP contribution in [0.4, 0.5) is 0 Å². The van der Waals surface area contributed by atoms with Crippen molar-refractivity contribution in [2.75, 3.05) is 19.8 Å². The quantitative estimate of drug-likeness (QED) is 0.0147. The van der Waals surface area contributed by atoms with Crippen LogP contribution in [0.3, 0.4) is 0 Å². The number of unbranched alkanes of at least 4 members (excludes halogenated alkanes) is 14. The average molecular weight is 963 g/mol. The molecular weight excluding hydrogens is 872 g/mol. The second kappa shape index (κ2) is 43.3. The molecule has 0 radical (unpaired) electrons. The first-order valence-corrected chi connectivity index (χ1v) is 27.1. The molecule has 0 amide bonds. The van der Waals surface area contributed by atoms with Crippen molar-refractivity contribution in [1.82, 2.24) is 0 Å². The first-order chi connectivity index (χ1) is 32.5. The zero-order valence-corrected chi connectivity index (χ0v) is 42.1. The Bertz CT molecular complexity index is 1470. The summed E-state index contributed by atoms with van der Waals surface area (Å²) in [5.41, 5.74) is 0. The van der Waals surface area contributed by atoms with Gasteiger partial charge in [0.1, 0.15) is 42.7 Å². The highest BCUT2D eigenvalue weighted by atomic mass is 31.2. The monoisotopic (exact) mass is 963 g/mol. The Kier molecular flexibility index (Phi) is 40.2. The number of hydrogen-bond donors (Lipinski definition) is 6. The van der Waals surface area contributed by atoms with E-state index < -0.39 is 63.1 Å². The maximum atomic E-state index is 12.9. The van der Waals surface area contributed by atoms with Gasteiger partial charge >= 0.3 is 13.8 Å². The van der Waals surface area contributed by atoms with Gasteiger partial charge in [0.25, 0.3) is 0 Å². The summed E-state index contributed by atoms with van der Waals surface area (Å²) in [5.74, 6) is -0.501. The molecule has 6 N–H and O–H groups in total. The summed E-state index contributed by atoms with van der Waals surface area (Å²) in [5, 5.41) is 50.3. The molecule has 0 aromatic carbocycles. The van der Waals surface area contributed by atoms with Crippen LogP contribution in [0.15, 0.2) is 97.2 Å². The van der Waals surface area contributed by atoms with Crippen LogP contribution in [-0.4, -0.2) is 98.9 Å². The Morgan fingerprint density at radius 2 is 0.881 bits per heavy atom. The van der Waals surface area contributed by atoms with Crippen LogP contribution in [0.1, 0.15) is 174 Å². The zero-order chi connectivity index (χ0) is 49.1. The molecular formula is C54H91O12P. The highest BCUT2D eigenvalue weighted by molar-refractivity contribution is 7.47. The Morgan fingerprint density at radius 1 is 0.493 bits per heavy atom. The topological polar surface area (TPSA) is 192 Å². The van der Waals surface area contributed by atoms with Gasteiger partial charge in [-0.15, -0.1) is 0 Å². The molecule has 0 saturated heterocycles. The van der Waals surface area contributed by atoms with Crippen LogP contribution >= 0.6 is 7.82 Å². The Balaban J connectivity index is 2.40. The normalized spacial score (nSPS) is 22.1. The number of carbonyl (C=O) groups is 1. The molecule has 67 heavy (non-hydrogen) atoms. The van der Waals surface area contributed by atoms with Gasteiger partial charge in [0, 0.05) is 13.0 Å². The van der Waals surface area contributed by atoms with Gasteiger partial charge in [-0.05, 0) is 96.3 Å². The molecule has 0 spiro atoms. The molecule has 6 atom stereocenters. The maximum absolute atomic E-state index is 12.9. The van der Waals surface area contributed by atoms with Crippen molar-refractivity contribution < 1.29 is 58.3 Å². The van der Waals surface area contributed by atoms with E-state index in [9.17, 15) is 39.8 Å². The number of esters is 1. The van der Waals surface area contributed by atoms with Gasteiger partial charge < -0.3 is 39.9 Å². The molecule has 0 aliphatic heterocycles. The minimum Gasteiger partial charge on any atom is -0.457 e. The van der Waals surface area contributed by atoms with E-state index in [1.54, 1.807) is 0 Å². The fraction of sp³-hybridized carbons (Fsp3) is 0.685. The van der Waals surface area contributed by atoms with Crippen molar-refractivity contribution >= 4 is 13.8 Å². The molecule has 13 heteroatoms. The number of rotatable bonds is 42. The van der Waals surface area contributed by atoms with Crippen LogP contribution in [0, 0.1) is 0 Å². The van der Waals surface area contributed by atoms with Gasteiger partial charge in [-0.2, -0.15) is 0 Å². The molecule has 1 fully saturated rings. The van der Waals surface area contributed by atoms with Crippen LogP contribution in [0.5, 0.6) is 0 Å². The van der Waals surface area contributed by atoms with E-state index in [-0.39, 0.29) is 13.0 Å². The third kappa shape index (κ3) is 35.1. The van der Waals surface area contributed by atoms with E-state index in [4.69, 9.17) is 18.5 Å². The van der Waals surface area contributed by atoms with Crippen molar-refractivity contribution in [3.8, 4) is 0 Å². The second-order valence-electron chi connectivity index (χ2n) is 17.3. The van der Waals surface area contributed by atoms with Gasteiger partial charge in [0.2, 0.25) is 0 Å². The number of allylic oxidation sites excluding steroid dienone is 16. The SMILES string of the molecule is CC/C=C\C/C=C\C/C=C\C/C=C\C/C=C\C/C=C\CCCCCOCC(COP(=O)(O)OC1C(O)C(O)C(O)C(O)C1O)OC(=O)CCCCCCCCC/C=C\C/C=C\CCCCCC. The van der Waals surface area contributed by atoms with Crippen LogP contribution in [0.25, 0.3) is 0 Å². The standard InChI is InChI=1S/C54H91O12P/c1-3-5-7-9-11-13-15-17-19-21-23-24-25-26-28-30-32-34-36-38-40-42-44-63-45-47(46-64-67(61,62)66-54-52(59)50(57)49(56)51(58)53(54)60)65-48(55)43-41-39-37-35-33-31-29-27-22-20-18-16-14-12-10-8-6-4-2/h5,7,11,13-14,16-17,19-20,22-24,26,28,32,34,47,49-54,56-60H,3-4,6,8-10,12,15,18,21,25,27,29-31,33,35-46H2,1-2H3,(H,61,62)/b7-5-,13-11-,16-14-,19-17-,22-20-,24-23-,28-26-,34-32-. The van der Waals surface area contributed by atoms with Crippen molar-refractivity contribution in [2.45, 2.75) is 217 Å². The van der Waals surface area contributed by atoms with E-state index in [0.29, 0.717) is 13.0 Å². The Hall–Kier alpha value is -2.74. The molecule has 0 bridgehead atoms. The number of phosphoric ester groups is 1. The number of hydrogen-bond acceptors (Lipinski definition) is 11. The van der Waals surface area contributed by atoms with Crippen molar-refractivity contribution in [2.24, 2.45) is 0 Å². The number of aliphatic hydroxyl groups excluding tert-OH is 5. The van der Waals surface area contributed by atoms with Crippen molar-refractivity contribution in [1.29, 1.82) is 0 Å². The minimum atomic E-state index is -5.04. The van der Waals surface area contributed by atoms with Gasteiger partial charge in [0.15, 0.2) is 0 Å². The van der Waals surface area contributed by atoms with Crippen LogP contribution in [0.2, 0.25) is 0 Å². The van der Waals surface area contributed by atoms with E-state index in [0.717, 1.165) is 103 Å². The minimum absolute atomic E-state index is 0.109. The number of aliphatic hydroxyl groups is 5. The summed E-state index contributed by atoms with van der Waals surface area (Å²) < 4.78 is 34.2. The molecule has 6 unspecified atom stereocenters. The summed E-state index contributed by atoms with van der Waals surface area (Å²) in [6, 6.07) is 0. The number of ether oxygens (including phenoxy) is 2. The average Bonchev–Trinajstić information content (AvgIpc) is 3.31. The van der Waals surface area contributed by atoms with Gasteiger partial charge in [0.05, 0.1) is 13.2 Å². The molecule has 1 aliphatic carbocycles. The molecule has 0 aromatic heterocycles. The summed E-state index contributed by atoms with van der Waals surface area (Å²) >= 11 is 0. The predicted octanol–water partition coefficient (Wildman–Crippen LogP) is 11.5. The Morgan fingerprint density at radius 3 is 1.34 bits per heavy atom. The second-order valence-corrected chi connectivity index (χ2v) is 18.7. The maximum Gasteiger partial charge on any atom is 0.472 e. The summed E-state index contributed by atoms with van der Waals surface area (Å²) in [7, 11) is -5.04. The molecule has 0 heterocycles. The van der Waals surface area contributed by atoms with Gasteiger partial charge in [-0.1, -0.05) is 169 Å². The first-order valence-electron chi connectivity index (χ1n) is 25.6. The van der Waals surface area contributed by atoms with Crippen molar-refractivity contribution in [3.05, 3.63) is 97.2 Å². The molecule has 12 nitrogen and oxygen atoms in total. The summed E-state index contributed by atoms with van der Waals surface area (Å²) in [6.07, 6.45) is 47.5. The predicted molar refractivity (Wildman–Crippen MR) is 271 cm³/mol. The number of phosphoric acid groups is 1. The van der Waals surface area contributed by atoms with Gasteiger partial charge in [-0.3, -0.25) is 13.8 Å². The largest absolute Gasteiger partial charge is 0.472 e. The summed E-state index contributed by atoms with van der Waals surface area (Å²) in [4.78, 5) is 23.2. The molecule has 0 aromatic rings. The smallest absolute Gasteiger partial charge is 0.457 e. The summed E-state index contributed by atoms with van der Waals surface area (Å²) in [6.45, 7) is 4.04. The van der Waals surface area contributed by atoms with Crippen LogP contribution in [-0.2, 0) is 27.9 Å². The molecule has 1 saturated carbocycles. The lowest BCUT2D eigenvalue weighted by atomic mass is 9.85. The highest BCUT2D eigenvalue weighted by Crippen LogP contribution is 2.47. The molecule has 1 aliphatic rings. The van der Waals surface area contributed by atoms with E-state index in [1.165, 1.54) is 44.9 Å². The van der Waals surface area contributed by atoms with Crippen molar-refractivity contribution in [3.63, 3.8) is 0 Å².